The molecule has 0 N–H and O–H groups in total. The van der Waals surface area contributed by atoms with Crippen LogP contribution in [0.4, 0.5) is 5.82 Å². The van der Waals surface area contributed by atoms with Crippen LogP contribution in [0.1, 0.15) is 11.1 Å². The topological polar surface area (TPSA) is 64.3 Å². The number of rotatable bonds is 2. The summed E-state index contributed by atoms with van der Waals surface area (Å²) in [5.74, 6) is 1.48. The molecular weight excluding hydrogens is 352 g/mol. The van der Waals surface area contributed by atoms with Gasteiger partial charge in [-0.05, 0) is 34.7 Å². The molecule has 0 atom stereocenters. The molecule has 1 aliphatic heterocycles. The van der Waals surface area contributed by atoms with Gasteiger partial charge < -0.3 is 14.1 Å². The summed E-state index contributed by atoms with van der Waals surface area (Å²) in [4.78, 5) is 16.0. The van der Waals surface area contributed by atoms with E-state index in [0.29, 0.717) is 30.3 Å². The van der Waals surface area contributed by atoms with Crippen molar-refractivity contribution < 1.29 is 9.15 Å². The fourth-order valence-electron chi connectivity index (χ4n) is 4.15. The summed E-state index contributed by atoms with van der Waals surface area (Å²) >= 11 is 0. The van der Waals surface area contributed by atoms with Crippen molar-refractivity contribution in [2.75, 3.05) is 31.2 Å². The predicted molar refractivity (Wildman–Crippen MR) is 106 cm³/mol. The summed E-state index contributed by atoms with van der Waals surface area (Å²) in [6.45, 7) is 2.94. The van der Waals surface area contributed by atoms with E-state index >= 15 is 0 Å². The van der Waals surface area contributed by atoms with E-state index in [4.69, 9.17) is 14.1 Å². The van der Waals surface area contributed by atoms with Gasteiger partial charge >= 0.3 is 0 Å². The van der Waals surface area contributed by atoms with Crippen molar-refractivity contribution in [1.29, 1.82) is 0 Å². The third-order valence-corrected chi connectivity index (χ3v) is 5.54. The van der Waals surface area contributed by atoms with Crippen molar-refractivity contribution in [2.45, 2.75) is 6.42 Å². The van der Waals surface area contributed by atoms with Crippen LogP contribution in [0.2, 0.25) is 0 Å². The van der Waals surface area contributed by atoms with Crippen molar-refractivity contribution >= 4 is 17.0 Å². The normalized spacial score (nSPS) is 15.6. The second-order valence-electron chi connectivity index (χ2n) is 7.18. The van der Waals surface area contributed by atoms with E-state index in [1.54, 1.807) is 0 Å². The molecular formula is C22H18N4O2. The Morgan fingerprint density at radius 2 is 1.75 bits per heavy atom. The minimum absolute atomic E-state index is 0.593. The molecule has 28 heavy (non-hydrogen) atoms. The summed E-state index contributed by atoms with van der Waals surface area (Å²) in [5, 5.41) is 0. The molecule has 1 aliphatic carbocycles. The number of morpholine rings is 1. The summed E-state index contributed by atoms with van der Waals surface area (Å²) in [6, 6.07) is 15.1. The molecule has 0 radical (unpaired) electrons. The van der Waals surface area contributed by atoms with Crippen molar-refractivity contribution in [3.63, 3.8) is 0 Å². The van der Waals surface area contributed by atoms with Crippen LogP contribution >= 0.6 is 0 Å². The van der Waals surface area contributed by atoms with Gasteiger partial charge in [-0.3, -0.25) is 0 Å². The maximum atomic E-state index is 5.59. The van der Waals surface area contributed by atoms with Crippen LogP contribution in [-0.4, -0.2) is 41.3 Å². The van der Waals surface area contributed by atoms with Crippen molar-refractivity contribution in [1.82, 2.24) is 15.0 Å². The van der Waals surface area contributed by atoms with E-state index in [1.807, 2.05) is 0 Å². The number of anilines is 1. The molecule has 6 rings (SSSR count). The summed E-state index contributed by atoms with van der Waals surface area (Å²) < 4.78 is 11.1. The molecule has 0 unspecified atom stereocenters. The average molecular weight is 370 g/mol. The van der Waals surface area contributed by atoms with E-state index in [0.717, 1.165) is 30.9 Å². The number of aromatic nitrogens is 3. The van der Waals surface area contributed by atoms with Gasteiger partial charge in [0.25, 0.3) is 0 Å². The third kappa shape index (κ3) is 2.42. The smallest absolute Gasteiger partial charge is 0.215 e. The predicted octanol–water partition coefficient (Wildman–Crippen LogP) is 3.69. The van der Waals surface area contributed by atoms with Gasteiger partial charge in [0, 0.05) is 18.7 Å². The van der Waals surface area contributed by atoms with Crippen LogP contribution in [0.5, 0.6) is 0 Å². The van der Waals surface area contributed by atoms with Gasteiger partial charge in [0.1, 0.15) is 0 Å². The first-order chi connectivity index (χ1) is 13.9. The van der Waals surface area contributed by atoms with Crippen LogP contribution in [0, 0.1) is 0 Å². The van der Waals surface area contributed by atoms with E-state index in [9.17, 15) is 0 Å². The lowest BCUT2D eigenvalue weighted by Gasteiger charge is -2.27. The van der Waals surface area contributed by atoms with Gasteiger partial charge in [0.15, 0.2) is 18.0 Å². The molecule has 2 aliphatic rings. The standard InChI is InChI=1S/C22H18N4O2/c1-2-4-17-14(3-1)11-16-12-15(5-6-18(16)17)20-24-21-19(28-13-23-21)22(25-20)26-7-9-27-10-8-26/h1-6,12-13H,7-11H2. The Labute approximate surface area is 161 Å². The molecule has 0 bridgehead atoms. The molecule has 138 valence electrons. The van der Waals surface area contributed by atoms with Crippen LogP contribution < -0.4 is 4.90 Å². The van der Waals surface area contributed by atoms with Crippen molar-refractivity contribution in [3.8, 4) is 22.5 Å². The summed E-state index contributed by atoms with van der Waals surface area (Å²) in [6.07, 6.45) is 2.38. The number of nitrogens with zero attached hydrogens (tertiary/aromatic N) is 4. The van der Waals surface area contributed by atoms with Gasteiger partial charge in [0.05, 0.1) is 13.2 Å². The Morgan fingerprint density at radius 1 is 0.893 bits per heavy atom. The Kier molecular flexibility index (Phi) is 3.46. The number of fused-ring (bicyclic) bond motifs is 4. The maximum absolute atomic E-state index is 5.59. The molecule has 3 heterocycles. The average Bonchev–Trinajstić information content (AvgIpc) is 3.37. The lowest BCUT2D eigenvalue weighted by Crippen LogP contribution is -2.37. The van der Waals surface area contributed by atoms with Gasteiger partial charge in [-0.1, -0.05) is 36.4 Å². The second-order valence-corrected chi connectivity index (χ2v) is 7.18. The highest BCUT2D eigenvalue weighted by Gasteiger charge is 2.22. The van der Waals surface area contributed by atoms with Gasteiger partial charge in [-0.25, -0.2) is 9.97 Å². The SMILES string of the molecule is c1ccc2c(c1)Cc1cc(-c3nc(N4CCOCC4)c4ocnc4n3)ccc1-2. The molecule has 2 aromatic carbocycles. The van der Waals surface area contributed by atoms with E-state index in [-0.39, 0.29) is 0 Å². The largest absolute Gasteiger partial charge is 0.438 e. The summed E-state index contributed by atoms with van der Waals surface area (Å²) in [5.41, 5.74) is 7.55. The lowest BCUT2D eigenvalue weighted by atomic mass is 10.0. The van der Waals surface area contributed by atoms with Gasteiger partial charge in [-0.15, -0.1) is 0 Å². The fraction of sp³-hybridized carbons (Fsp3) is 0.227. The first-order valence-electron chi connectivity index (χ1n) is 9.52. The molecule has 6 nitrogen and oxygen atoms in total. The molecule has 2 aromatic heterocycles. The zero-order chi connectivity index (χ0) is 18.5. The zero-order valence-corrected chi connectivity index (χ0v) is 15.3. The number of ether oxygens (including phenoxy) is 1. The molecule has 0 spiro atoms. The van der Waals surface area contributed by atoms with E-state index < -0.39 is 0 Å². The molecule has 0 saturated carbocycles. The van der Waals surface area contributed by atoms with Gasteiger partial charge in [-0.2, -0.15) is 4.98 Å². The number of benzene rings is 2. The highest BCUT2D eigenvalue weighted by molar-refractivity contribution is 5.84. The second kappa shape index (κ2) is 6.14. The monoisotopic (exact) mass is 370 g/mol. The highest BCUT2D eigenvalue weighted by atomic mass is 16.5. The Bertz CT molecular complexity index is 1190. The van der Waals surface area contributed by atoms with E-state index in [2.05, 4.69) is 57.3 Å². The first-order valence-corrected chi connectivity index (χ1v) is 9.52. The first kappa shape index (κ1) is 15.8. The number of hydrogen-bond acceptors (Lipinski definition) is 6. The molecule has 0 amide bonds. The van der Waals surface area contributed by atoms with Crippen LogP contribution in [-0.2, 0) is 11.2 Å². The Hall–Kier alpha value is -3.25. The molecule has 1 saturated heterocycles. The van der Waals surface area contributed by atoms with Crippen LogP contribution in [0.3, 0.4) is 0 Å². The van der Waals surface area contributed by atoms with Crippen molar-refractivity contribution in [2.24, 2.45) is 0 Å². The molecule has 4 aromatic rings. The molecule has 1 fully saturated rings. The number of hydrogen-bond donors (Lipinski definition) is 0. The molecule has 6 heteroatoms. The summed E-state index contributed by atoms with van der Waals surface area (Å²) in [7, 11) is 0. The van der Waals surface area contributed by atoms with E-state index in [1.165, 1.54) is 28.6 Å². The third-order valence-electron chi connectivity index (χ3n) is 5.54. The quantitative estimate of drug-likeness (QED) is 0.472. The minimum Gasteiger partial charge on any atom is -0.438 e. The van der Waals surface area contributed by atoms with Gasteiger partial charge in [0.2, 0.25) is 11.2 Å². The van der Waals surface area contributed by atoms with Crippen molar-refractivity contribution in [3.05, 3.63) is 60.0 Å². The van der Waals surface area contributed by atoms with Crippen LogP contribution in [0.15, 0.2) is 53.3 Å². The highest BCUT2D eigenvalue weighted by Crippen LogP contribution is 2.38. The zero-order valence-electron chi connectivity index (χ0n) is 15.3. The Morgan fingerprint density at radius 3 is 2.68 bits per heavy atom. The maximum Gasteiger partial charge on any atom is 0.215 e. The van der Waals surface area contributed by atoms with Crippen LogP contribution in [0.25, 0.3) is 33.7 Å². The minimum atomic E-state index is 0.593. The fourth-order valence-corrected chi connectivity index (χ4v) is 4.15. The number of oxazole rings is 1. The lowest BCUT2D eigenvalue weighted by molar-refractivity contribution is 0.122. The Balaban J connectivity index is 1.46.